The van der Waals surface area contributed by atoms with Crippen LogP contribution in [0.2, 0.25) is 0 Å². The number of rotatable bonds is 2. The summed E-state index contributed by atoms with van der Waals surface area (Å²) in [6, 6.07) is 7.15. The lowest BCUT2D eigenvalue weighted by Crippen LogP contribution is -1.96. The van der Waals surface area contributed by atoms with Crippen molar-refractivity contribution in [3.8, 4) is 28.3 Å². The van der Waals surface area contributed by atoms with Gasteiger partial charge in [-0.3, -0.25) is 0 Å². The van der Waals surface area contributed by atoms with E-state index >= 15 is 0 Å². The Morgan fingerprint density at radius 1 is 0.852 bits per heavy atom. The highest BCUT2D eigenvalue weighted by Crippen LogP contribution is 2.34. The SMILES string of the molecule is Cc1nn2c(O)cc(-c3ccc(F)cc3F)nc2c1-c1ccc(F)cc1F. The van der Waals surface area contributed by atoms with Crippen LogP contribution in [0.1, 0.15) is 5.69 Å². The number of aromatic nitrogens is 3. The van der Waals surface area contributed by atoms with E-state index in [0.717, 1.165) is 22.7 Å². The third-order valence-electron chi connectivity index (χ3n) is 4.15. The summed E-state index contributed by atoms with van der Waals surface area (Å²) in [4.78, 5) is 4.28. The molecule has 0 saturated heterocycles. The molecule has 0 aliphatic rings. The van der Waals surface area contributed by atoms with Crippen LogP contribution in [0.5, 0.6) is 5.88 Å². The quantitative estimate of drug-likeness (QED) is 0.521. The van der Waals surface area contributed by atoms with Crippen molar-refractivity contribution in [2.45, 2.75) is 6.92 Å². The van der Waals surface area contributed by atoms with Crippen molar-refractivity contribution in [1.82, 2.24) is 14.6 Å². The molecule has 0 aliphatic carbocycles. The summed E-state index contributed by atoms with van der Waals surface area (Å²) in [6.07, 6.45) is 0. The molecule has 2 aromatic carbocycles. The normalized spacial score (nSPS) is 11.3. The van der Waals surface area contributed by atoms with Crippen molar-refractivity contribution in [3.63, 3.8) is 0 Å². The summed E-state index contributed by atoms with van der Waals surface area (Å²) in [5, 5.41) is 14.4. The molecule has 0 fully saturated rings. The predicted octanol–water partition coefficient (Wildman–Crippen LogP) is 4.63. The van der Waals surface area contributed by atoms with Crippen LogP contribution in [0, 0.1) is 30.2 Å². The Morgan fingerprint density at radius 3 is 2.04 bits per heavy atom. The molecular weight excluding hydrogens is 362 g/mol. The minimum absolute atomic E-state index is 0.0150. The third kappa shape index (κ3) is 2.79. The van der Waals surface area contributed by atoms with Gasteiger partial charge in [0.05, 0.1) is 17.0 Å². The molecule has 8 heteroatoms. The minimum Gasteiger partial charge on any atom is -0.493 e. The highest BCUT2D eigenvalue weighted by molar-refractivity contribution is 5.82. The molecule has 2 heterocycles. The molecule has 2 aromatic heterocycles. The number of hydrogen-bond donors (Lipinski definition) is 1. The van der Waals surface area contributed by atoms with Crippen molar-refractivity contribution in [1.29, 1.82) is 0 Å². The van der Waals surface area contributed by atoms with Gasteiger partial charge in [-0.15, -0.1) is 0 Å². The first-order valence-electron chi connectivity index (χ1n) is 7.85. The largest absolute Gasteiger partial charge is 0.493 e. The van der Waals surface area contributed by atoms with Gasteiger partial charge in [-0.2, -0.15) is 9.61 Å². The van der Waals surface area contributed by atoms with Gasteiger partial charge in [0.2, 0.25) is 5.88 Å². The molecular formula is C19H11F4N3O. The van der Waals surface area contributed by atoms with Gasteiger partial charge in [0.25, 0.3) is 0 Å². The molecule has 4 nitrogen and oxygen atoms in total. The Hall–Kier alpha value is -3.42. The van der Waals surface area contributed by atoms with E-state index in [9.17, 15) is 22.7 Å². The average molecular weight is 373 g/mol. The van der Waals surface area contributed by atoms with Gasteiger partial charge in [-0.05, 0) is 31.2 Å². The number of nitrogens with zero attached hydrogens (tertiary/aromatic N) is 3. The molecule has 27 heavy (non-hydrogen) atoms. The summed E-state index contributed by atoms with van der Waals surface area (Å²) in [7, 11) is 0. The fourth-order valence-corrected chi connectivity index (χ4v) is 2.95. The Balaban J connectivity index is 2.01. The van der Waals surface area contributed by atoms with Crippen LogP contribution in [0.15, 0.2) is 42.5 Å². The van der Waals surface area contributed by atoms with E-state index in [1.807, 2.05) is 0 Å². The standard InChI is InChI=1S/C19H11F4N3O/c1-9-18(13-5-3-11(21)7-15(13)23)19-24-16(8-17(27)26(19)25-9)12-4-2-10(20)6-14(12)22/h2-8,27H,1H3. The first-order chi connectivity index (χ1) is 12.8. The van der Waals surface area contributed by atoms with Crippen LogP contribution >= 0.6 is 0 Å². The van der Waals surface area contributed by atoms with Crippen LogP contribution in [0.3, 0.4) is 0 Å². The summed E-state index contributed by atoms with van der Waals surface area (Å²) in [5.41, 5.74) is 0.621. The maximum absolute atomic E-state index is 14.3. The molecule has 0 amide bonds. The van der Waals surface area contributed by atoms with Gasteiger partial charge < -0.3 is 5.11 Å². The number of aromatic hydroxyl groups is 1. The minimum atomic E-state index is -0.864. The number of benzene rings is 2. The summed E-state index contributed by atoms with van der Waals surface area (Å²) in [5.74, 6) is -3.55. The first-order valence-corrected chi connectivity index (χ1v) is 7.85. The van der Waals surface area contributed by atoms with Crippen molar-refractivity contribution in [3.05, 3.63) is 71.4 Å². The molecule has 0 aliphatic heterocycles. The summed E-state index contributed by atoms with van der Waals surface area (Å²) in [6.45, 7) is 1.57. The zero-order valence-electron chi connectivity index (χ0n) is 13.8. The monoisotopic (exact) mass is 373 g/mol. The Morgan fingerprint density at radius 2 is 1.44 bits per heavy atom. The number of aryl methyl sites for hydroxylation is 1. The van der Waals surface area contributed by atoms with E-state index in [1.165, 1.54) is 18.2 Å². The van der Waals surface area contributed by atoms with E-state index in [2.05, 4.69) is 10.1 Å². The van der Waals surface area contributed by atoms with Crippen LogP contribution in [-0.4, -0.2) is 19.7 Å². The second-order valence-electron chi connectivity index (χ2n) is 5.94. The van der Waals surface area contributed by atoms with Crippen LogP contribution in [0.25, 0.3) is 28.0 Å². The molecule has 0 spiro atoms. The zero-order valence-corrected chi connectivity index (χ0v) is 13.8. The van der Waals surface area contributed by atoms with Gasteiger partial charge in [0, 0.05) is 29.3 Å². The molecule has 0 atom stereocenters. The molecule has 136 valence electrons. The molecule has 4 aromatic rings. The van der Waals surface area contributed by atoms with E-state index in [-0.39, 0.29) is 33.9 Å². The van der Waals surface area contributed by atoms with Gasteiger partial charge in [-0.25, -0.2) is 22.5 Å². The van der Waals surface area contributed by atoms with Crippen molar-refractivity contribution < 1.29 is 22.7 Å². The van der Waals surface area contributed by atoms with Crippen LogP contribution in [0.4, 0.5) is 17.6 Å². The lowest BCUT2D eigenvalue weighted by Gasteiger charge is -2.07. The number of hydrogen-bond acceptors (Lipinski definition) is 3. The van der Waals surface area contributed by atoms with Gasteiger partial charge in [0.1, 0.15) is 23.3 Å². The predicted molar refractivity (Wildman–Crippen MR) is 90.1 cm³/mol. The Kier molecular flexibility index (Phi) is 3.83. The number of fused-ring (bicyclic) bond motifs is 1. The highest BCUT2D eigenvalue weighted by Gasteiger charge is 2.20. The Labute approximate surface area is 150 Å². The second-order valence-corrected chi connectivity index (χ2v) is 5.94. The topological polar surface area (TPSA) is 50.4 Å². The maximum Gasteiger partial charge on any atom is 0.216 e. The molecule has 0 radical (unpaired) electrons. The third-order valence-corrected chi connectivity index (χ3v) is 4.15. The smallest absolute Gasteiger partial charge is 0.216 e. The molecule has 4 rings (SSSR count). The van der Waals surface area contributed by atoms with Gasteiger partial charge in [-0.1, -0.05) is 0 Å². The molecule has 0 bridgehead atoms. The van der Waals surface area contributed by atoms with Crippen molar-refractivity contribution in [2.75, 3.05) is 0 Å². The van der Waals surface area contributed by atoms with E-state index in [0.29, 0.717) is 11.8 Å². The van der Waals surface area contributed by atoms with Crippen molar-refractivity contribution in [2.24, 2.45) is 0 Å². The molecule has 1 N–H and O–H groups in total. The van der Waals surface area contributed by atoms with E-state index in [1.54, 1.807) is 6.92 Å². The van der Waals surface area contributed by atoms with E-state index < -0.39 is 23.3 Å². The lowest BCUT2D eigenvalue weighted by atomic mass is 10.1. The summed E-state index contributed by atoms with van der Waals surface area (Å²) >= 11 is 0. The second kappa shape index (κ2) is 6.08. The van der Waals surface area contributed by atoms with Crippen molar-refractivity contribution >= 4 is 5.65 Å². The highest BCUT2D eigenvalue weighted by atomic mass is 19.1. The fraction of sp³-hybridized carbons (Fsp3) is 0.0526. The fourth-order valence-electron chi connectivity index (χ4n) is 2.95. The van der Waals surface area contributed by atoms with Crippen LogP contribution < -0.4 is 0 Å². The Bertz CT molecular complexity index is 1200. The number of halogens is 4. The summed E-state index contributed by atoms with van der Waals surface area (Å²) < 4.78 is 55.9. The van der Waals surface area contributed by atoms with Crippen LogP contribution in [-0.2, 0) is 0 Å². The van der Waals surface area contributed by atoms with Gasteiger partial charge in [0.15, 0.2) is 5.65 Å². The first kappa shape index (κ1) is 17.0. The maximum atomic E-state index is 14.3. The van der Waals surface area contributed by atoms with E-state index in [4.69, 9.17) is 0 Å². The molecule has 0 saturated carbocycles. The van der Waals surface area contributed by atoms with Gasteiger partial charge >= 0.3 is 0 Å². The zero-order chi connectivity index (χ0) is 19.3. The lowest BCUT2D eigenvalue weighted by molar-refractivity contribution is 0.435. The molecule has 0 unspecified atom stereocenters. The average Bonchev–Trinajstić information content (AvgIpc) is 2.92.